The molecule has 44 valence electrons. The Kier molecular flexibility index (Phi) is 2.28. The van der Waals surface area contributed by atoms with Crippen LogP contribution in [-0.4, -0.2) is 0 Å². The molecule has 0 radical (unpaired) electrons. The van der Waals surface area contributed by atoms with Gasteiger partial charge in [0, 0.05) is 0 Å². The standard InChI is InChI=1S/C7H6Cl.Rf/c1-6-4-2-3-5-7(6)8;/h2,4-5H,1H3;/q-1;. The van der Waals surface area contributed by atoms with Crippen LogP contribution in [0.25, 0.3) is 0 Å². The Labute approximate surface area is 54.1 Å². The smallest absolute Gasteiger partial charge is 0 e. The summed E-state index contributed by atoms with van der Waals surface area (Å²) in [5.41, 5.74) is 1.10. The van der Waals surface area contributed by atoms with E-state index in [1.807, 2.05) is 19.1 Å². The van der Waals surface area contributed by atoms with Gasteiger partial charge in [0.2, 0.25) is 0 Å². The van der Waals surface area contributed by atoms with Gasteiger partial charge in [-0.25, -0.2) is 0 Å². The molecule has 0 aliphatic rings. The van der Waals surface area contributed by atoms with Gasteiger partial charge in [-0.05, 0) is 0 Å². The minimum Gasteiger partial charge on any atom is -0.182 e. The minimum absolute atomic E-state index is 0. The van der Waals surface area contributed by atoms with Gasteiger partial charge in [-0.15, -0.1) is 5.56 Å². The Morgan fingerprint density at radius 1 is 1.56 bits per heavy atom. The molecule has 0 saturated carbocycles. The second-order valence-corrected chi connectivity index (χ2v) is 2.08. The molecule has 2 heteroatoms. The molecule has 0 amide bonds. The van der Waals surface area contributed by atoms with Gasteiger partial charge in [-0.3, -0.25) is 0 Å². The Balaban J connectivity index is 0.000000640. The second kappa shape index (κ2) is 2.73. The second-order valence-electron chi connectivity index (χ2n) is 1.68. The molecular weight excluding hydrogens is 387 g/mol. The number of aryl methyl sites for hydroxylation is 1. The average Bonchev–Trinajstić information content (AvgIpc) is 1.77. The third-order valence-electron chi connectivity index (χ3n) is 1.02. The third kappa shape index (κ3) is 1.46. The van der Waals surface area contributed by atoms with Crippen molar-refractivity contribution in [3.05, 3.63) is 34.9 Å². The summed E-state index contributed by atoms with van der Waals surface area (Å²) in [4.78, 5) is 0. The van der Waals surface area contributed by atoms with Gasteiger partial charge in [0.1, 0.15) is 0 Å². The molecule has 0 atom stereocenters. The van der Waals surface area contributed by atoms with Crippen LogP contribution in [0.5, 0.6) is 0 Å². The molecule has 0 N–H and O–H groups in total. The van der Waals surface area contributed by atoms with Crippen LogP contribution in [-0.2, 0) is 0 Å². The van der Waals surface area contributed by atoms with Crippen molar-refractivity contribution in [2.45, 2.75) is 6.92 Å². The molecule has 1 aromatic carbocycles. The fourth-order valence-electron chi connectivity index (χ4n) is 0.488. The van der Waals surface area contributed by atoms with Crippen molar-refractivity contribution in [2.75, 3.05) is 0 Å². The van der Waals surface area contributed by atoms with Crippen LogP contribution in [0.2, 0.25) is 5.02 Å². The predicted octanol–water partition coefficient (Wildman–Crippen LogP) is 2.45. The Hall–Kier alpha value is -1.49. The summed E-state index contributed by atoms with van der Waals surface area (Å²) >= 11 is 5.68. The molecule has 0 saturated heterocycles. The van der Waals surface area contributed by atoms with E-state index in [9.17, 15) is 0 Å². The van der Waals surface area contributed by atoms with Crippen LogP contribution in [0.15, 0.2) is 18.2 Å². The number of hydrogen-bond donors (Lipinski definition) is 0. The summed E-state index contributed by atoms with van der Waals surface area (Å²) in [6, 6.07) is 8.41. The van der Waals surface area contributed by atoms with Crippen LogP contribution in [0.1, 0.15) is 5.56 Å². The Bertz CT molecular complexity index is 165. The fraction of sp³-hybridized carbons (Fsp3) is 0.143. The summed E-state index contributed by atoms with van der Waals surface area (Å²) in [7, 11) is 0. The molecule has 0 bridgehead atoms. The molecule has 0 fully saturated rings. The van der Waals surface area contributed by atoms with Crippen LogP contribution >= 0.6 is 11.6 Å². The molecule has 0 aliphatic heterocycles. The number of halogens is 1. The van der Waals surface area contributed by atoms with Crippen molar-refractivity contribution in [3.8, 4) is 0 Å². The van der Waals surface area contributed by atoms with Crippen LogP contribution in [0, 0.1) is 13.0 Å². The van der Waals surface area contributed by atoms with E-state index >= 15 is 0 Å². The van der Waals surface area contributed by atoms with Gasteiger partial charge in [0.15, 0.2) is 0 Å². The first kappa shape index (κ1) is 7.51. The van der Waals surface area contributed by atoms with Crippen molar-refractivity contribution < 1.29 is 0 Å². The monoisotopic (exact) mass is 392 g/mol. The Morgan fingerprint density at radius 3 is 2.56 bits per heavy atom. The molecule has 0 spiro atoms. The van der Waals surface area contributed by atoms with Crippen LogP contribution in [0.4, 0.5) is 0 Å². The van der Waals surface area contributed by atoms with Crippen LogP contribution in [0.3, 0.4) is 0 Å². The predicted molar refractivity (Wildman–Crippen MR) is 35.0 cm³/mol. The molecule has 0 nitrogen and oxygen atoms in total. The molecule has 0 aliphatic carbocycles. The molecule has 0 unspecified atom stereocenters. The van der Waals surface area contributed by atoms with Crippen molar-refractivity contribution in [3.63, 3.8) is 0 Å². The van der Waals surface area contributed by atoms with Gasteiger partial charge in [-0.1, -0.05) is 11.9 Å². The van der Waals surface area contributed by atoms with Crippen LogP contribution < -0.4 is 0 Å². The minimum atomic E-state index is 0. The first-order valence-corrected chi connectivity index (χ1v) is 2.80. The third-order valence-corrected chi connectivity index (χ3v) is 1.42. The average molecular weight is 393 g/mol. The fourth-order valence-corrected chi connectivity index (χ4v) is 0.614. The molecule has 0 aromatic heterocycles. The van der Waals surface area contributed by atoms with Gasteiger partial charge in [-0.2, -0.15) is 35.9 Å². The summed E-state index contributed by atoms with van der Waals surface area (Å²) in [6.07, 6.45) is 0. The van der Waals surface area contributed by atoms with E-state index in [1.54, 1.807) is 6.07 Å². The maximum atomic E-state index is 5.68. The zero-order chi connectivity index (χ0) is 5.98. The van der Waals surface area contributed by atoms with E-state index in [1.165, 1.54) is 0 Å². The maximum absolute atomic E-state index is 5.68. The van der Waals surface area contributed by atoms with E-state index in [-0.39, 0.29) is 0 Å². The summed E-state index contributed by atoms with van der Waals surface area (Å²) in [5.74, 6) is 0. The van der Waals surface area contributed by atoms with Crippen molar-refractivity contribution in [1.82, 2.24) is 0 Å². The SMILES string of the molecule is Cc1cc[c-]cc1Cl.[Rf]. The van der Waals surface area contributed by atoms with E-state index < -0.39 is 0 Å². The van der Waals surface area contributed by atoms with Crippen molar-refractivity contribution >= 4 is 11.6 Å². The summed E-state index contributed by atoms with van der Waals surface area (Å²) < 4.78 is 0. The topological polar surface area (TPSA) is 0 Å². The zero-order valence-corrected chi connectivity index (χ0v) is 12.5. The Morgan fingerprint density at radius 2 is 2.22 bits per heavy atom. The molecule has 9 heavy (non-hydrogen) atoms. The normalized spacial score (nSPS) is 8.22. The maximum Gasteiger partial charge on any atom is 0 e. The van der Waals surface area contributed by atoms with E-state index in [0.29, 0.717) is 0 Å². The number of rotatable bonds is 0. The van der Waals surface area contributed by atoms with E-state index in [4.69, 9.17) is 11.6 Å². The summed E-state index contributed by atoms with van der Waals surface area (Å²) in [6.45, 7) is 1.97. The van der Waals surface area contributed by atoms with Gasteiger partial charge < -0.3 is 0 Å². The van der Waals surface area contributed by atoms with Crippen molar-refractivity contribution in [1.29, 1.82) is 0 Å². The van der Waals surface area contributed by atoms with Crippen molar-refractivity contribution in [2.24, 2.45) is 0 Å². The largest absolute Gasteiger partial charge is 0.182 e. The summed E-state index contributed by atoms with van der Waals surface area (Å²) in [5, 5.41) is 0.785. The van der Waals surface area contributed by atoms with Gasteiger partial charge in [0.25, 0.3) is 0 Å². The first-order valence-electron chi connectivity index (χ1n) is 2.43. The van der Waals surface area contributed by atoms with E-state index in [0.717, 1.165) is 10.6 Å². The molecular formula is C7H6ClRf-. The molecule has 0 heterocycles. The molecule has 1 rings (SSSR count). The van der Waals surface area contributed by atoms with Gasteiger partial charge in [0.05, 0.1) is 0 Å². The number of hydrogen-bond acceptors (Lipinski definition) is 0. The molecule has 1 aromatic rings. The zero-order valence-electron chi connectivity index (χ0n) is 5.32. The first-order chi connectivity index (χ1) is 3.80. The number of benzene rings is 1. The quantitative estimate of drug-likeness (QED) is 0.595. The van der Waals surface area contributed by atoms with E-state index in [2.05, 4.69) is 6.07 Å². The van der Waals surface area contributed by atoms with Gasteiger partial charge >= 0.3 is 0 Å².